The molecule has 2 rings (SSSR count). The minimum Gasteiger partial charge on any atom is -0.384 e. The predicted octanol–water partition coefficient (Wildman–Crippen LogP) is 2.25. The van der Waals surface area contributed by atoms with Gasteiger partial charge in [-0.1, -0.05) is 5.16 Å². The Labute approximate surface area is 91.9 Å². The largest absolute Gasteiger partial charge is 0.384 e. The van der Waals surface area contributed by atoms with Gasteiger partial charge in [0.2, 0.25) is 0 Å². The number of thioether (sulfide) groups is 1. The molecule has 0 spiro atoms. The molecule has 0 aliphatic rings. The number of aryl methyl sites for hydroxylation is 1. The normalized spacial score (nSPS) is 10.5. The third-order valence-electron chi connectivity index (χ3n) is 1.82. The van der Waals surface area contributed by atoms with Crippen molar-refractivity contribution in [2.24, 2.45) is 0 Å². The molecule has 0 aliphatic heterocycles. The second-order valence-corrected chi connectivity index (χ2v) is 4.19. The maximum atomic E-state index is 5.49. The van der Waals surface area contributed by atoms with Crippen LogP contribution >= 0.6 is 11.8 Å². The van der Waals surface area contributed by atoms with Gasteiger partial charge in [-0.2, -0.15) is 0 Å². The molecule has 0 aromatic carbocycles. The van der Waals surface area contributed by atoms with Crippen LogP contribution in [0.3, 0.4) is 0 Å². The summed E-state index contributed by atoms with van der Waals surface area (Å²) in [5.74, 6) is 2.16. The van der Waals surface area contributed by atoms with E-state index in [2.05, 4.69) is 10.1 Å². The highest BCUT2D eigenvalue weighted by Gasteiger charge is 2.01. The number of hydrogen-bond donors (Lipinski definition) is 1. The Morgan fingerprint density at radius 1 is 1.47 bits per heavy atom. The smallest absolute Gasteiger partial charge is 0.147 e. The molecular formula is C10H11N3OS. The molecule has 0 atom stereocenters. The predicted molar refractivity (Wildman–Crippen MR) is 59.5 cm³/mol. The lowest BCUT2D eigenvalue weighted by Gasteiger charge is -1.98. The van der Waals surface area contributed by atoms with Gasteiger partial charge in [-0.25, -0.2) is 4.98 Å². The van der Waals surface area contributed by atoms with E-state index in [1.54, 1.807) is 24.0 Å². The molecule has 4 nitrogen and oxygen atoms in total. The average Bonchev–Trinajstić information content (AvgIpc) is 2.64. The van der Waals surface area contributed by atoms with E-state index in [0.717, 1.165) is 22.1 Å². The lowest BCUT2D eigenvalue weighted by molar-refractivity contribution is 0.391. The van der Waals surface area contributed by atoms with Crippen LogP contribution in [0.1, 0.15) is 11.5 Å². The zero-order valence-corrected chi connectivity index (χ0v) is 9.12. The van der Waals surface area contributed by atoms with Crippen molar-refractivity contribution in [3.8, 4) is 0 Å². The lowest BCUT2D eigenvalue weighted by atomic mass is 10.4. The van der Waals surface area contributed by atoms with Gasteiger partial charge in [0.25, 0.3) is 0 Å². The second-order valence-electron chi connectivity index (χ2n) is 3.14. The van der Waals surface area contributed by atoms with E-state index in [1.807, 2.05) is 19.1 Å². The van der Waals surface area contributed by atoms with E-state index >= 15 is 0 Å². The Balaban J connectivity index is 1.96. The summed E-state index contributed by atoms with van der Waals surface area (Å²) in [7, 11) is 0. The number of nitrogens with zero attached hydrogens (tertiary/aromatic N) is 2. The molecule has 15 heavy (non-hydrogen) atoms. The van der Waals surface area contributed by atoms with Crippen LogP contribution < -0.4 is 5.73 Å². The fraction of sp³-hybridized carbons (Fsp3) is 0.200. The second kappa shape index (κ2) is 4.35. The summed E-state index contributed by atoms with van der Waals surface area (Å²) in [6, 6.07) is 5.65. The molecule has 2 heterocycles. The highest BCUT2D eigenvalue weighted by Crippen LogP contribution is 2.22. The maximum absolute atomic E-state index is 5.49. The van der Waals surface area contributed by atoms with Crippen LogP contribution in [-0.2, 0) is 5.75 Å². The number of nitrogen functional groups attached to an aromatic ring is 1. The fourth-order valence-electron chi connectivity index (χ4n) is 1.12. The number of rotatable bonds is 3. The molecule has 0 saturated carbocycles. The summed E-state index contributed by atoms with van der Waals surface area (Å²) in [5, 5.41) is 3.82. The van der Waals surface area contributed by atoms with Gasteiger partial charge in [-0.15, -0.1) is 11.8 Å². The Morgan fingerprint density at radius 2 is 2.33 bits per heavy atom. The van der Waals surface area contributed by atoms with Gasteiger partial charge in [-0.3, -0.25) is 0 Å². The molecule has 0 unspecified atom stereocenters. The lowest BCUT2D eigenvalue weighted by Crippen LogP contribution is -1.88. The van der Waals surface area contributed by atoms with Crippen LogP contribution in [0.2, 0.25) is 0 Å². The van der Waals surface area contributed by atoms with E-state index in [0.29, 0.717) is 5.82 Å². The molecule has 0 amide bonds. The van der Waals surface area contributed by atoms with Crippen molar-refractivity contribution in [1.29, 1.82) is 0 Å². The Bertz CT molecular complexity index is 438. The third kappa shape index (κ3) is 2.73. The van der Waals surface area contributed by atoms with Gasteiger partial charge < -0.3 is 10.3 Å². The molecule has 2 aromatic rings. The third-order valence-corrected chi connectivity index (χ3v) is 2.82. The molecule has 0 saturated heterocycles. The SMILES string of the molecule is Cc1cc(CSc2ccc(N)nc2)on1. The summed E-state index contributed by atoms with van der Waals surface area (Å²) in [6.45, 7) is 1.91. The number of aromatic nitrogens is 2. The fourth-order valence-corrected chi connectivity index (χ4v) is 1.85. The summed E-state index contributed by atoms with van der Waals surface area (Å²) in [5.41, 5.74) is 6.39. The van der Waals surface area contributed by atoms with E-state index in [9.17, 15) is 0 Å². The van der Waals surface area contributed by atoms with Gasteiger partial charge in [0.1, 0.15) is 11.6 Å². The quantitative estimate of drug-likeness (QED) is 0.805. The number of pyridine rings is 1. The molecule has 2 N–H and O–H groups in total. The van der Waals surface area contributed by atoms with Crippen molar-refractivity contribution in [2.45, 2.75) is 17.6 Å². The zero-order valence-electron chi connectivity index (χ0n) is 8.30. The highest BCUT2D eigenvalue weighted by molar-refractivity contribution is 7.98. The molecular weight excluding hydrogens is 210 g/mol. The van der Waals surface area contributed by atoms with Crippen LogP contribution in [0.25, 0.3) is 0 Å². The van der Waals surface area contributed by atoms with Crippen LogP contribution in [0, 0.1) is 6.92 Å². The van der Waals surface area contributed by atoms with Crippen LogP contribution in [0.15, 0.2) is 33.8 Å². The first-order valence-corrected chi connectivity index (χ1v) is 5.49. The summed E-state index contributed by atoms with van der Waals surface area (Å²) < 4.78 is 5.09. The van der Waals surface area contributed by atoms with Gasteiger partial charge in [0, 0.05) is 17.2 Å². The van der Waals surface area contributed by atoms with Crippen molar-refractivity contribution < 1.29 is 4.52 Å². The van der Waals surface area contributed by atoms with Crippen molar-refractivity contribution in [1.82, 2.24) is 10.1 Å². The number of anilines is 1. The Kier molecular flexibility index (Phi) is 2.91. The van der Waals surface area contributed by atoms with Gasteiger partial charge in [-0.05, 0) is 19.1 Å². The Morgan fingerprint density at radius 3 is 2.93 bits per heavy atom. The molecule has 5 heteroatoms. The van der Waals surface area contributed by atoms with Crippen LogP contribution in [0.5, 0.6) is 0 Å². The van der Waals surface area contributed by atoms with Crippen molar-refractivity contribution >= 4 is 17.6 Å². The van der Waals surface area contributed by atoms with E-state index in [-0.39, 0.29) is 0 Å². The van der Waals surface area contributed by atoms with E-state index < -0.39 is 0 Å². The maximum Gasteiger partial charge on any atom is 0.147 e. The molecule has 0 radical (unpaired) electrons. The first-order chi connectivity index (χ1) is 7.24. The highest BCUT2D eigenvalue weighted by atomic mass is 32.2. The summed E-state index contributed by atoms with van der Waals surface area (Å²) in [6.07, 6.45) is 1.75. The number of nitrogens with two attached hydrogens (primary N) is 1. The molecule has 0 aliphatic carbocycles. The van der Waals surface area contributed by atoms with Crippen LogP contribution in [0.4, 0.5) is 5.82 Å². The van der Waals surface area contributed by atoms with E-state index in [4.69, 9.17) is 10.3 Å². The van der Waals surface area contributed by atoms with E-state index in [1.165, 1.54) is 0 Å². The molecule has 0 bridgehead atoms. The zero-order chi connectivity index (χ0) is 10.7. The van der Waals surface area contributed by atoms with Gasteiger partial charge in [0.15, 0.2) is 0 Å². The summed E-state index contributed by atoms with van der Waals surface area (Å²) >= 11 is 1.64. The van der Waals surface area contributed by atoms with Crippen molar-refractivity contribution in [3.05, 3.63) is 35.9 Å². The van der Waals surface area contributed by atoms with Gasteiger partial charge >= 0.3 is 0 Å². The minimum absolute atomic E-state index is 0.537. The average molecular weight is 221 g/mol. The molecule has 0 fully saturated rings. The topological polar surface area (TPSA) is 64.9 Å². The molecule has 78 valence electrons. The monoisotopic (exact) mass is 221 g/mol. The standard InChI is InChI=1S/C10H11N3OS/c1-7-4-8(14-13-7)6-15-9-2-3-10(11)12-5-9/h2-5H,6H2,1H3,(H2,11,12). The van der Waals surface area contributed by atoms with Crippen molar-refractivity contribution in [2.75, 3.05) is 5.73 Å². The summed E-state index contributed by atoms with van der Waals surface area (Å²) in [4.78, 5) is 5.08. The first-order valence-electron chi connectivity index (χ1n) is 4.50. The first kappa shape index (κ1) is 10.0. The van der Waals surface area contributed by atoms with Crippen molar-refractivity contribution in [3.63, 3.8) is 0 Å². The molecule has 2 aromatic heterocycles. The van der Waals surface area contributed by atoms with Gasteiger partial charge in [0.05, 0.1) is 11.4 Å². The number of hydrogen-bond acceptors (Lipinski definition) is 5. The van der Waals surface area contributed by atoms with Crippen LogP contribution in [-0.4, -0.2) is 10.1 Å². The Hall–Kier alpha value is -1.49. The minimum atomic E-state index is 0.537.